The molecule has 37 heavy (non-hydrogen) atoms. The second kappa shape index (κ2) is 10.7. The molecule has 5 rings (SSSR count). The maximum Gasteiger partial charge on any atom is 0.252 e. The van der Waals surface area contributed by atoms with Gasteiger partial charge in [0.2, 0.25) is 5.91 Å². The molecule has 4 atom stereocenters. The number of nitrogens with one attached hydrogen (secondary N) is 2. The first-order chi connectivity index (χ1) is 17.9. The van der Waals surface area contributed by atoms with Crippen LogP contribution in [0.1, 0.15) is 33.2 Å². The number of carbonyl (C=O) groups excluding carboxylic acids is 1. The molecule has 1 saturated heterocycles. The highest BCUT2D eigenvalue weighted by Crippen LogP contribution is 2.36. The molecular weight excluding hydrogens is 469 g/mol. The Labute approximate surface area is 218 Å². The number of ether oxygens (including phenoxy) is 1. The molecule has 6 nitrogen and oxygen atoms in total. The average molecular weight is 503 g/mol. The molecule has 3 unspecified atom stereocenters. The zero-order valence-corrected chi connectivity index (χ0v) is 20.7. The summed E-state index contributed by atoms with van der Waals surface area (Å²) in [6, 6.07) is 6.40. The van der Waals surface area contributed by atoms with Crippen LogP contribution < -0.4 is 10.9 Å². The van der Waals surface area contributed by atoms with Gasteiger partial charge < -0.3 is 15.0 Å². The quantitative estimate of drug-likeness (QED) is 0.616. The van der Waals surface area contributed by atoms with E-state index in [0.717, 1.165) is 11.1 Å². The SMILES string of the molecule is Cc1c(CC(=O)N[C@H]2COC3CC(C#N)C/C4=C/C=C\C=C/[CH]\C4=C/CC32)c(=O)[nH]c2ccc(F)cc12.[HH].[HH]. The first-order valence-electron chi connectivity index (χ1n) is 12.6. The second-order valence-electron chi connectivity index (χ2n) is 9.92. The normalized spacial score (nSPS) is 29.9. The van der Waals surface area contributed by atoms with Crippen LogP contribution in [0.25, 0.3) is 10.9 Å². The van der Waals surface area contributed by atoms with Crippen LogP contribution in [0.5, 0.6) is 0 Å². The number of nitriles is 1. The van der Waals surface area contributed by atoms with Crippen LogP contribution in [0.15, 0.2) is 70.6 Å². The summed E-state index contributed by atoms with van der Waals surface area (Å²) in [7, 11) is 0. The Morgan fingerprint density at radius 1 is 1.30 bits per heavy atom. The fourth-order valence-electron chi connectivity index (χ4n) is 5.58. The summed E-state index contributed by atoms with van der Waals surface area (Å²) in [5, 5.41) is 13.5. The summed E-state index contributed by atoms with van der Waals surface area (Å²) in [6.45, 7) is 2.09. The van der Waals surface area contributed by atoms with Crippen LogP contribution in [0.2, 0.25) is 0 Å². The number of rotatable bonds is 3. The minimum atomic E-state index is -0.400. The van der Waals surface area contributed by atoms with Crippen molar-refractivity contribution in [2.24, 2.45) is 11.8 Å². The molecule has 2 aromatic rings. The maximum atomic E-state index is 13.8. The number of halogens is 1. The van der Waals surface area contributed by atoms with E-state index >= 15 is 0 Å². The monoisotopic (exact) mass is 502 g/mol. The highest BCUT2D eigenvalue weighted by Gasteiger charge is 2.39. The van der Waals surface area contributed by atoms with Gasteiger partial charge in [-0.25, -0.2) is 4.39 Å². The van der Waals surface area contributed by atoms with E-state index in [1.165, 1.54) is 18.2 Å². The molecule has 1 aromatic carbocycles. The summed E-state index contributed by atoms with van der Waals surface area (Å²) in [6.07, 6.45) is 15.9. The first-order valence-corrected chi connectivity index (χ1v) is 12.6. The molecule has 0 saturated carbocycles. The molecule has 1 radical (unpaired) electrons. The van der Waals surface area contributed by atoms with E-state index in [2.05, 4.69) is 34.9 Å². The molecule has 0 bridgehead atoms. The third kappa shape index (κ3) is 5.35. The Morgan fingerprint density at radius 2 is 2.14 bits per heavy atom. The van der Waals surface area contributed by atoms with Crippen molar-refractivity contribution in [3.8, 4) is 6.07 Å². The maximum absolute atomic E-state index is 13.8. The lowest BCUT2D eigenvalue weighted by Gasteiger charge is -2.23. The van der Waals surface area contributed by atoms with Gasteiger partial charge in [0.15, 0.2) is 0 Å². The van der Waals surface area contributed by atoms with Crippen molar-refractivity contribution in [3.63, 3.8) is 0 Å². The van der Waals surface area contributed by atoms with Gasteiger partial charge in [-0.15, -0.1) is 0 Å². The number of hydrogen-bond donors (Lipinski definition) is 2. The summed E-state index contributed by atoms with van der Waals surface area (Å²) in [5.41, 5.74) is 3.32. The Bertz CT molecular complexity index is 1450. The lowest BCUT2D eigenvalue weighted by atomic mass is 9.87. The van der Waals surface area contributed by atoms with Crippen molar-refractivity contribution in [3.05, 3.63) is 99.5 Å². The topological polar surface area (TPSA) is 95.0 Å². The Balaban J connectivity index is 0.00000210. The molecule has 1 aliphatic heterocycles. The van der Waals surface area contributed by atoms with Crippen molar-refractivity contribution in [1.29, 1.82) is 5.26 Å². The number of hydrogen-bond acceptors (Lipinski definition) is 4. The van der Waals surface area contributed by atoms with Crippen molar-refractivity contribution in [1.82, 2.24) is 10.3 Å². The van der Waals surface area contributed by atoms with Crippen molar-refractivity contribution < 1.29 is 16.8 Å². The smallest absolute Gasteiger partial charge is 0.252 e. The van der Waals surface area contributed by atoms with Crippen LogP contribution in [0, 0.1) is 42.3 Å². The fraction of sp³-hybridized carbons (Fsp3) is 0.333. The lowest BCUT2D eigenvalue weighted by Crippen LogP contribution is -2.42. The van der Waals surface area contributed by atoms with Gasteiger partial charge >= 0.3 is 0 Å². The van der Waals surface area contributed by atoms with E-state index in [1.807, 2.05) is 24.3 Å². The number of fused-ring (bicyclic) bond motifs is 3. The number of nitrogens with zero attached hydrogens (tertiary/aromatic N) is 1. The number of carbonyl (C=O) groups is 1. The third-order valence-electron chi connectivity index (χ3n) is 7.58. The molecule has 0 spiro atoms. The van der Waals surface area contributed by atoms with E-state index in [4.69, 9.17) is 4.74 Å². The van der Waals surface area contributed by atoms with E-state index in [0.29, 0.717) is 47.9 Å². The average Bonchev–Trinajstić information content (AvgIpc) is 3.25. The number of H-pyrrole nitrogens is 1. The summed E-state index contributed by atoms with van der Waals surface area (Å²) < 4.78 is 19.9. The molecule has 2 aliphatic carbocycles. The van der Waals surface area contributed by atoms with E-state index in [9.17, 15) is 19.2 Å². The van der Waals surface area contributed by atoms with Crippen LogP contribution in [0.4, 0.5) is 4.39 Å². The summed E-state index contributed by atoms with van der Waals surface area (Å²) in [5.74, 6) is -0.869. The van der Waals surface area contributed by atoms with E-state index in [-0.39, 0.29) is 44.7 Å². The molecule has 1 aromatic heterocycles. The minimum Gasteiger partial charge on any atom is -0.376 e. The van der Waals surface area contributed by atoms with Crippen LogP contribution in [-0.4, -0.2) is 29.6 Å². The van der Waals surface area contributed by atoms with Gasteiger partial charge in [0, 0.05) is 31.7 Å². The van der Waals surface area contributed by atoms with Crippen molar-refractivity contribution in [2.75, 3.05) is 6.61 Å². The van der Waals surface area contributed by atoms with Gasteiger partial charge in [-0.2, -0.15) is 5.26 Å². The zero-order chi connectivity index (χ0) is 25.9. The van der Waals surface area contributed by atoms with Gasteiger partial charge in [0.25, 0.3) is 5.56 Å². The number of amides is 1. The molecule has 1 amide bonds. The number of pyridine rings is 1. The van der Waals surface area contributed by atoms with Crippen LogP contribution in [0.3, 0.4) is 0 Å². The molecule has 1 fully saturated rings. The number of aromatic nitrogens is 1. The highest BCUT2D eigenvalue weighted by atomic mass is 19.1. The predicted octanol–water partition coefficient (Wildman–Crippen LogP) is 5.02. The van der Waals surface area contributed by atoms with Gasteiger partial charge in [-0.1, -0.05) is 36.5 Å². The van der Waals surface area contributed by atoms with Gasteiger partial charge in [0.05, 0.1) is 37.2 Å². The second-order valence-corrected chi connectivity index (χ2v) is 9.92. The Kier molecular flexibility index (Phi) is 7.20. The standard InChI is InChI=1S/C30H29FN3O3.2H2/c1-18-24-14-22(31)9-11-26(24)34-30(36)25(18)15-29(35)33-27-17-37-28-13-19(16-32)12-21-7-5-3-2-4-6-20(21)8-10-23(27)28;;/h2-9,11,14,19,23,27-28H,10,12-13,15,17H2,1H3,(H,33,35)(H,34,36);2*1H/b4-2-,5-3-,20-8+,21-7-;;/t19?,23?,27-,28?;;/m0../s1. The molecule has 2 heterocycles. The van der Waals surface area contributed by atoms with Gasteiger partial charge in [0.1, 0.15) is 5.82 Å². The Hall–Kier alpha value is -3.76. The van der Waals surface area contributed by atoms with Crippen molar-refractivity contribution in [2.45, 2.75) is 44.8 Å². The van der Waals surface area contributed by atoms with E-state index < -0.39 is 5.82 Å². The Morgan fingerprint density at radius 3 is 2.97 bits per heavy atom. The number of allylic oxidation sites excluding steroid dienone is 8. The fourth-order valence-corrected chi connectivity index (χ4v) is 5.58. The minimum absolute atomic E-state index is 0. The number of aryl methyl sites for hydroxylation is 1. The van der Waals surface area contributed by atoms with Gasteiger partial charge in [-0.3, -0.25) is 9.59 Å². The zero-order valence-electron chi connectivity index (χ0n) is 20.7. The lowest BCUT2D eigenvalue weighted by molar-refractivity contribution is -0.121. The molecule has 193 valence electrons. The summed E-state index contributed by atoms with van der Waals surface area (Å²) in [4.78, 5) is 28.6. The molecule has 2 N–H and O–H groups in total. The third-order valence-corrected chi connectivity index (χ3v) is 7.58. The molecular formula is C30H33FN3O3. The molecule has 7 heteroatoms. The highest BCUT2D eigenvalue weighted by molar-refractivity contribution is 5.85. The van der Waals surface area contributed by atoms with Crippen molar-refractivity contribution >= 4 is 16.8 Å². The summed E-state index contributed by atoms with van der Waals surface area (Å²) >= 11 is 0. The van der Waals surface area contributed by atoms with E-state index in [1.54, 1.807) is 6.92 Å². The van der Waals surface area contributed by atoms with Crippen LogP contribution >= 0.6 is 0 Å². The van der Waals surface area contributed by atoms with Gasteiger partial charge in [-0.05, 0) is 61.1 Å². The first kappa shape index (κ1) is 24.9. The number of benzene rings is 1. The van der Waals surface area contributed by atoms with Crippen LogP contribution in [-0.2, 0) is 16.0 Å². The largest absolute Gasteiger partial charge is 0.376 e. The predicted molar refractivity (Wildman–Crippen MR) is 144 cm³/mol. The molecule has 3 aliphatic rings. The number of aromatic amines is 1.